The molecule has 3 nitrogen and oxygen atoms in total. The smallest absolute Gasteiger partial charge is 0.241 e. The summed E-state index contributed by atoms with van der Waals surface area (Å²) in [6.45, 7) is 0. The Labute approximate surface area is 129 Å². The molecule has 0 bridgehead atoms. The highest BCUT2D eigenvalue weighted by Crippen LogP contribution is 2.35. The van der Waals surface area contributed by atoms with Crippen molar-refractivity contribution in [3.05, 3.63) is 26.7 Å². The summed E-state index contributed by atoms with van der Waals surface area (Å²) in [7, 11) is 0. The molecule has 0 aliphatic rings. The van der Waals surface area contributed by atoms with Crippen LogP contribution in [0.15, 0.2) is 16.6 Å². The van der Waals surface area contributed by atoms with Crippen LogP contribution in [0, 0.1) is 0 Å². The van der Waals surface area contributed by atoms with Gasteiger partial charge in [-0.15, -0.1) is 0 Å². The number of rotatable bonds is 5. The van der Waals surface area contributed by atoms with Crippen molar-refractivity contribution in [1.29, 1.82) is 0 Å². The molecule has 0 saturated heterocycles. The van der Waals surface area contributed by atoms with E-state index in [0.717, 1.165) is 5.75 Å². The number of halogens is 3. The summed E-state index contributed by atoms with van der Waals surface area (Å²) < 4.78 is 0.679. The molecule has 7 heteroatoms. The van der Waals surface area contributed by atoms with E-state index in [1.54, 1.807) is 23.9 Å². The molecule has 0 fully saturated rings. The van der Waals surface area contributed by atoms with Gasteiger partial charge >= 0.3 is 0 Å². The van der Waals surface area contributed by atoms with E-state index in [1.165, 1.54) is 0 Å². The summed E-state index contributed by atoms with van der Waals surface area (Å²) in [5.74, 6) is 0.577. The van der Waals surface area contributed by atoms with Crippen molar-refractivity contribution in [1.82, 2.24) is 0 Å². The fraction of sp³-hybridized carbons (Fsp3) is 0.364. The van der Waals surface area contributed by atoms with Crippen LogP contribution in [0.3, 0.4) is 0 Å². The Morgan fingerprint density at radius 3 is 2.78 bits per heavy atom. The molecule has 0 heterocycles. The Balaban J connectivity index is 2.73. The predicted octanol–water partition coefficient (Wildman–Crippen LogP) is 3.77. The molecule has 0 radical (unpaired) electrons. The number of nitrogens with two attached hydrogens (primary N) is 1. The molecule has 1 atom stereocenters. The lowest BCUT2D eigenvalue weighted by Gasteiger charge is -2.13. The molecule has 0 aliphatic heterocycles. The Morgan fingerprint density at radius 1 is 1.50 bits per heavy atom. The van der Waals surface area contributed by atoms with Crippen LogP contribution in [-0.4, -0.2) is 24.0 Å². The number of carbonyl (C=O) groups is 1. The van der Waals surface area contributed by atoms with Crippen LogP contribution in [0.25, 0.3) is 0 Å². The minimum absolute atomic E-state index is 0.260. The molecule has 1 rings (SSSR count). The number of amides is 1. The topological polar surface area (TPSA) is 55.1 Å². The van der Waals surface area contributed by atoms with Crippen molar-refractivity contribution in [3.63, 3.8) is 0 Å². The van der Waals surface area contributed by atoms with E-state index in [4.69, 9.17) is 28.9 Å². The second kappa shape index (κ2) is 7.60. The van der Waals surface area contributed by atoms with Gasteiger partial charge in [-0.1, -0.05) is 23.2 Å². The highest BCUT2D eigenvalue weighted by Gasteiger charge is 2.16. The van der Waals surface area contributed by atoms with Crippen LogP contribution >= 0.6 is 50.9 Å². The van der Waals surface area contributed by atoms with Crippen molar-refractivity contribution in [3.8, 4) is 0 Å². The van der Waals surface area contributed by atoms with Crippen molar-refractivity contribution in [2.24, 2.45) is 5.73 Å². The molecule has 1 aromatic rings. The van der Waals surface area contributed by atoms with E-state index in [0.29, 0.717) is 26.6 Å². The lowest BCUT2D eigenvalue weighted by atomic mass is 10.2. The third-order valence-corrected chi connectivity index (χ3v) is 4.68. The standard InChI is InChI=1S/C11H13BrCl2N2OS/c1-18-5-4-7(15)11(17)16-8-3-2-6(12)9(13)10(8)14/h2-3,7H,4-5,15H2,1H3,(H,16,17)/t7-/m0/s1. The van der Waals surface area contributed by atoms with Crippen molar-refractivity contribution in [2.45, 2.75) is 12.5 Å². The third kappa shape index (κ3) is 4.31. The molecule has 100 valence electrons. The van der Waals surface area contributed by atoms with Crippen LogP contribution in [0.4, 0.5) is 5.69 Å². The lowest BCUT2D eigenvalue weighted by molar-refractivity contribution is -0.117. The molecule has 1 amide bonds. The summed E-state index contributed by atoms with van der Waals surface area (Å²) in [6, 6.07) is 2.85. The van der Waals surface area contributed by atoms with E-state index >= 15 is 0 Å². The van der Waals surface area contributed by atoms with E-state index in [9.17, 15) is 4.79 Å². The monoisotopic (exact) mass is 370 g/mol. The zero-order chi connectivity index (χ0) is 13.7. The first kappa shape index (κ1) is 16.1. The van der Waals surface area contributed by atoms with Crippen LogP contribution in [0.2, 0.25) is 10.0 Å². The van der Waals surface area contributed by atoms with E-state index in [1.807, 2.05) is 6.26 Å². The zero-order valence-corrected chi connectivity index (χ0v) is 13.6. The molecule has 0 saturated carbocycles. The van der Waals surface area contributed by atoms with Gasteiger partial charge in [0, 0.05) is 4.47 Å². The Morgan fingerprint density at radius 2 is 2.17 bits per heavy atom. The maximum Gasteiger partial charge on any atom is 0.241 e. The number of anilines is 1. The maximum absolute atomic E-state index is 11.8. The van der Waals surface area contributed by atoms with Gasteiger partial charge in [-0.05, 0) is 46.5 Å². The van der Waals surface area contributed by atoms with Crippen LogP contribution in [0.5, 0.6) is 0 Å². The minimum Gasteiger partial charge on any atom is -0.323 e. The molecular weight excluding hydrogens is 359 g/mol. The maximum atomic E-state index is 11.8. The SMILES string of the molecule is CSCC[C@H](N)C(=O)Nc1ccc(Br)c(Cl)c1Cl. The average molecular weight is 372 g/mol. The van der Waals surface area contributed by atoms with Gasteiger partial charge in [0.2, 0.25) is 5.91 Å². The van der Waals surface area contributed by atoms with Gasteiger partial charge in [-0.25, -0.2) is 0 Å². The van der Waals surface area contributed by atoms with Crippen LogP contribution in [0.1, 0.15) is 6.42 Å². The first-order valence-electron chi connectivity index (χ1n) is 5.16. The summed E-state index contributed by atoms with van der Waals surface area (Å²) in [6.07, 6.45) is 2.59. The zero-order valence-electron chi connectivity index (χ0n) is 9.67. The number of thioether (sulfide) groups is 1. The van der Waals surface area contributed by atoms with E-state index < -0.39 is 6.04 Å². The summed E-state index contributed by atoms with van der Waals surface area (Å²) >= 11 is 16.9. The van der Waals surface area contributed by atoms with Gasteiger partial charge < -0.3 is 11.1 Å². The normalized spacial score (nSPS) is 12.3. The fourth-order valence-corrected chi connectivity index (χ4v) is 2.53. The lowest BCUT2D eigenvalue weighted by Crippen LogP contribution is -2.36. The summed E-state index contributed by atoms with van der Waals surface area (Å²) in [4.78, 5) is 11.8. The Bertz CT molecular complexity index is 445. The van der Waals surface area contributed by atoms with Gasteiger partial charge in [0.25, 0.3) is 0 Å². The largest absolute Gasteiger partial charge is 0.323 e. The molecule has 1 aromatic carbocycles. The van der Waals surface area contributed by atoms with Gasteiger partial charge in [-0.3, -0.25) is 4.79 Å². The first-order chi connectivity index (χ1) is 8.47. The van der Waals surface area contributed by atoms with E-state index in [-0.39, 0.29) is 5.91 Å². The fourth-order valence-electron chi connectivity index (χ4n) is 1.22. The van der Waals surface area contributed by atoms with Crippen LogP contribution < -0.4 is 11.1 Å². The Kier molecular flexibility index (Phi) is 6.81. The number of hydrogen-bond donors (Lipinski definition) is 2. The third-order valence-electron chi connectivity index (χ3n) is 2.26. The number of benzene rings is 1. The highest BCUT2D eigenvalue weighted by atomic mass is 79.9. The Hall–Kier alpha value is 0.0600. The highest BCUT2D eigenvalue weighted by molar-refractivity contribution is 9.10. The number of hydrogen-bond acceptors (Lipinski definition) is 3. The second-order valence-electron chi connectivity index (χ2n) is 3.60. The first-order valence-corrected chi connectivity index (χ1v) is 8.10. The van der Waals surface area contributed by atoms with Gasteiger partial charge in [0.05, 0.1) is 21.8 Å². The second-order valence-corrected chi connectivity index (χ2v) is 6.20. The predicted molar refractivity (Wildman–Crippen MR) is 83.8 cm³/mol. The van der Waals surface area contributed by atoms with Crippen molar-refractivity contribution < 1.29 is 4.79 Å². The summed E-state index contributed by atoms with van der Waals surface area (Å²) in [5.41, 5.74) is 6.23. The van der Waals surface area contributed by atoms with Crippen molar-refractivity contribution in [2.75, 3.05) is 17.3 Å². The quantitative estimate of drug-likeness (QED) is 0.774. The molecule has 18 heavy (non-hydrogen) atoms. The van der Waals surface area contributed by atoms with Crippen molar-refractivity contribution >= 4 is 62.5 Å². The minimum atomic E-state index is -0.545. The van der Waals surface area contributed by atoms with Gasteiger partial charge in [0.1, 0.15) is 0 Å². The van der Waals surface area contributed by atoms with Crippen LogP contribution in [-0.2, 0) is 4.79 Å². The average Bonchev–Trinajstić information content (AvgIpc) is 2.36. The molecule has 3 N–H and O–H groups in total. The molecule has 0 aromatic heterocycles. The molecule has 0 spiro atoms. The number of carbonyl (C=O) groups excluding carboxylic acids is 1. The summed E-state index contributed by atoms with van der Waals surface area (Å²) in [5, 5.41) is 3.35. The van der Waals surface area contributed by atoms with Gasteiger partial charge in [0.15, 0.2) is 0 Å². The molecule has 0 aliphatic carbocycles. The molecule has 0 unspecified atom stereocenters. The molecular formula is C11H13BrCl2N2OS. The van der Waals surface area contributed by atoms with E-state index in [2.05, 4.69) is 21.2 Å². The number of nitrogens with one attached hydrogen (secondary N) is 1. The van der Waals surface area contributed by atoms with Gasteiger partial charge in [-0.2, -0.15) is 11.8 Å².